The molecule has 0 bridgehead atoms. The molecule has 3 heteroatoms. The van der Waals surface area contributed by atoms with Gasteiger partial charge < -0.3 is 4.74 Å². The summed E-state index contributed by atoms with van der Waals surface area (Å²) < 4.78 is 5.77. The van der Waals surface area contributed by atoms with E-state index in [-0.39, 0.29) is 0 Å². The number of ether oxygens (including phenoxy) is 1. The molecule has 0 aliphatic carbocycles. The molecule has 1 rings (SSSR count). The predicted molar refractivity (Wildman–Crippen MR) is 62.8 cm³/mol. The fraction of sp³-hybridized carbons (Fsp3) is 0.400. The van der Waals surface area contributed by atoms with E-state index in [1.807, 2.05) is 35.7 Å². The summed E-state index contributed by atoms with van der Waals surface area (Å²) in [6.07, 6.45) is 4.24. The van der Waals surface area contributed by atoms with E-state index >= 15 is 0 Å². The van der Waals surface area contributed by atoms with E-state index in [4.69, 9.17) is 4.74 Å². The highest BCUT2D eigenvalue weighted by atomic mass is 32.2. The summed E-state index contributed by atoms with van der Waals surface area (Å²) in [5.74, 6) is 0.983. The van der Waals surface area contributed by atoms with Crippen LogP contribution in [0.2, 0.25) is 0 Å². The van der Waals surface area contributed by atoms with Crippen molar-refractivity contribution in [2.45, 2.75) is 4.58 Å². The molecule has 0 aliphatic heterocycles. The third-order valence-corrected chi connectivity index (χ3v) is 4.34. The summed E-state index contributed by atoms with van der Waals surface area (Å²) in [7, 11) is 1.72. The monoisotopic (exact) mass is 214 g/mol. The minimum atomic E-state index is 0.469. The molecule has 0 aromatic heterocycles. The van der Waals surface area contributed by atoms with Gasteiger partial charge in [-0.3, -0.25) is 0 Å². The highest BCUT2D eigenvalue weighted by molar-refractivity contribution is 8.15. The van der Waals surface area contributed by atoms with Gasteiger partial charge in [0, 0.05) is 5.56 Å². The first-order valence-electron chi connectivity index (χ1n) is 4.02. The van der Waals surface area contributed by atoms with Crippen LogP contribution in [-0.2, 0) is 0 Å². The fourth-order valence-corrected chi connectivity index (χ4v) is 2.88. The zero-order chi connectivity index (χ0) is 9.68. The van der Waals surface area contributed by atoms with Crippen LogP contribution < -0.4 is 4.74 Å². The number of hydrogen-bond acceptors (Lipinski definition) is 3. The summed E-state index contributed by atoms with van der Waals surface area (Å²) in [5.41, 5.74) is 1.27. The quantitative estimate of drug-likeness (QED) is 0.711. The highest BCUT2D eigenvalue weighted by Crippen LogP contribution is 2.40. The van der Waals surface area contributed by atoms with Crippen LogP contribution in [0, 0.1) is 0 Å². The maximum Gasteiger partial charge on any atom is 0.124 e. The first kappa shape index (κ1) is 10.8. The van der Waals surface area contributed by atoms with Gasteiger partial charge in [0.05, 0.1) is 11.7 Å². The molecule has 0 fully saturated rings. The van der Waals surface area contributed by atoms with Gasteiger partial charge in [-0.1, -0.05) is 18.2 Å². The molecular weight excluding hydrogens is 200 g/mol. The van der Waals surface area contributed by atoms with Crippen molar-refractivity contribution >= 4 is 23.5 Å². The summed E-state index contributed by atoms with van der Waals surface area (Å²) in [5, 5.41) is 0. The molecule has 0 radical (unpaired) electrons. The van der Waals surface area contributed by atoms with Gasteiger partial charge in [0.15, 0.2) is 0 Å². The zero-order valence-corrected chi connectivity index (χ0v) is 9.74. The summed E-state index contributed by atoms with van der Waals surface area (Å²) in [4.78, 5) is 0. The lowest BCUT2D eigenvalue weighted by Gasteiger charge is -2.15. The molecule has 0 aliphatic rings. The average molecular weight is 214 g/mol. The van der Waals surface area contributed by atoms with Crippen molar-refractivity contribution in [3.05, 3.63) is 29.8 Å². The third-order valence-electron chi connectivity index (χ3n) is 1.82. The van der Waals surface area contributed by atoms with Crippen LogP contribution in [0.25, 0.3) is 0 Å². The van der Waals surface area contributed by atoms with Gasteiger partial charge in [-0.05, 0) is 18.6 Å². The molecule has 0 unspecified atom stereocenters. The molecule has 0 spiro atoms. The highest BCUT2D eigenvalue weighted by Gasteiger charge is 2.12. The van der Waals surface area contributed by atoms with Crippen molar-refractivity contribution < 1.29 is 4.74 Å². The van der Waals surface area contributed by atoms with Crippen LogP contribution in [0.4, 0.5) is 0 Å². The zero-order valence-electron chi connectivity index (χ0n) is 8.11. The SMILES string of the molecule is COc1ccccc1C(SC)SC. The van der Waals surface area contributed by atoms with Crippen LogP contribution in [0.1, 0.15) is 10.1 Å². The van der Waals surface area contributed by atoms with E-state index in [0.29, 0.717) is 4.58 Å². The van der Waals surface area contributed by atoms with Gasteiger partial charge in [0.2, 0.25) is 0 Å². The standard InChI is InChI=1S/C10H14OS2/c1-11-9-7-5-4-6-8(9)10(12-2)13-3/h4-7,10H,1-3H3. The Bertz CT molecular complexity index is 259. The van der Waals surface area contributed by atoms with E-state index in [2.05, 4.69) is 24.6 Å². The molecule has 0 heterocycles. The molecule has 1 aromatic carbocycles. The van der Waals surface area contributed by atoms with Crippen molar-refractivity contribution in [1.82, 2.24) is 0 Å². The molecule has 0 saturated carbocycles. The molecule has 1 nitrogen and oxygen atoms in total. The largest absolute Gasteiger partial charge is 0.496 e. The molecule has 0 atom stereocenters. The second kappa shape index (κ2) is 5.45. The normalized spacial score (nSPS) is 10.5. The lowest BCUT2D eigenvalue weighted by Crippen LogP contribution is -1.93. The minimum Gasteiger partial charge on any atom is -0.496 e. The summed E-state index contributed by atoms with van der Waals surface area (Å²) in [6.45, 7) is 0. The topological polar surface area (TPSA) is 9.23 Å². The van der Waals surface area contributed by atoms with Crippen molar-refractivity contribution in [1.29, 1.82) is 0 Å². The first-order valence-corrected chi connectivity index (χ1v) is 6.59. The van der Waals surface area contributed by atoms with Crippen LogP contribution in [0.15, 0.2) is 24.3 Å². The lowest BCUT2D eigenvalue weighted by molar-refractivity contribution is 0.411. The summed E-state index contributed by atoms with van der Waals surface area (Å²) in [6, 6.07) is 8.18. The second-order valence-electron chi connectivity index (χ2n) is 2.55. The fourth-order valence-electron chi connectivity index (χ4n) is 1.21. The minimum absolute atomic E-state index is 0.469. The van der Waals surface area contributed by atoms with Crippen LogP contribution in [0.5, 0.6) is 5.75 Å². The molecule has 0 saturated heterocycles. The van der Waals surface area contributed by atoms with E-state index in [9.17, 15) is 0 Å². The van der Waals surface area contributed by atoms with E-state index in [0.717, 1.165) is 5.75 Å². The van der Waals surface area contributed by atoms with Crippen molar-refractivity contribution in [3.63, 3.8) is 0 Å². The van der Waals surface area contributed by atoms with Gasteiger partial charge in [-0.2, -0.15) is 0 Å². The van der Waals surface area contributed by atoms with E-state index in [1.165, 1.54) is 5.56 Å². The Morgan fingerprint density at radius 1 is 1.15 bits per heavy atom. The molecule has 0 amide bonds. The Kier molecular flexibility index (Phi) is 4.53. The molecule has 72 valence electrons. The van der Waals surface area contributed by atoms with Gasteiger partial charge in [-0.15, -0.1) is 23.5 Å². The van der Waals surface area contributed by atoms with Crippen LogP contribution in [-0.4, -0.2) is 19.6 Å². The lowest BCUT2D eigenvalue weighted by atomic mass is 10.2. The molecule has 0 N–H and O–H groups in total. The number of benzene rings is 1. The number of methoxy groups -OCH3 is 1. The first-order chi connectivity index (χ1) is 6.33. The van der Waals surface area contributed by atoms with Crippen molar-refractivity contribution in [2.24, 2.45) is 0 Å². The second-order valence-corrected chi connectivity index (χ2v) is 4.73. The van der Waals surface area contributed by atoms with Crippen LogP contribution in [0.3, 0.4) is 0 Å². The number of para-hydroxylation sites is 1. The Hall–Kier alpha value is -0.280. The van der Waals surface area contributed by atoms with E-state index < -0.39 is 0 Å². The Morgan fingerprint density at radius 3 is 2.31 bits per heavy atom. The summed E-state index contributed by atoms with van der Waals surface area (Å²) >= 11 is 3.67. The Labute approximate surface area is 88.3 Å². The van der Waals surface area contributed by atoms with Gasteiger partial charge >= 0.3 is 0 Å². The predicted octanol–water partition coefficient (Wildman–Crippen LogP) is 3.42. The van der Waals surface area contributed by atoms with E-state index in [1.54, 1.807) is 7.11 Å². The maximum atomic E-state index is 5.30. The molecule has 1 aromatic rings. The Balaban J connectivity index is 2.96. The molecule has 13 heavy (non-hydrogen) atoms. The molecular formula is C10H14OS2. The van der Waals surface area contributed by atoms with Crippen LogP contribution >= 0.6 is 23.5 Å². The Morgan fingerprint density at radius 2 is 1.77 bits per heavy atom. The average Bonchev–Trinajstić information content (AvgIpc) is 2.20. The van der Waals surface area contributed by atoms with Gasteiger partial charge in [-0.25, -0.2) is 0 Å². The van der Waals surface area contributed by atoms with Crippen molar-refractivity contribution in [3.8, 4) is 5.75 Å². The van der Waals surface area contributed by atoms with Crippen molar-refractivity contribution in [2.75, 3.05) is 19.6 Å². The number of thioether (sulfide) groups is 2. The number of rotatable bonds is 4. The maximum absolute atomic E-state index is 5.30. The number of hydrogen-bond donors (Lipinski definition) is 0. The smallest absolute Gasteiger partial charge is 0.124 e. The van der Waals surface area contributed by atoms with Gasteiger partial charge in [0.1, 0.15) is 5.75 Å². The van der Waals surface area contributed by atoms with Gasteiger partial charge in [0.25, 0.3) is 0 Å². The third kappa shape index (κ3) is 2.58.